The molecule has 0 radical (unpaired) electrons. The molecule has 21 heavy (non-hydrogen) atoms. The molecule has 7 nitrogen and oxygen atoms in total. The Morgan fingerprint density at radius 1 is 1.33 bits per heavy atom. The van der Waals surface area contributed by atoms with Gasteiger partial charge >= 0.3 is 5.11 Å². The molecule has 0 unspecified atom stereocenters. The number of hydrogen-bond acceptors (Lipinski definition) is 5. The van der Waals surface area contributed by atoms with Gasteiger partial charge in [0, 0.05) is 29.9 Å². The van der Waals surface area contributed by atoms with Crippen LogP contribution in [0, 0.1) is 10.1 Å². The van der Waals surface area contributed by atoms with E-state index in [1.54, 1.807) is 12.1 Å². The van der Waals surface area contributed by atoms with Gasteiger partial charge in [-0.05, 0) is 19.2 Å². The van der Waals surface area contributed by atoms with Crippen molar-refractivity contribution in [3.05, 3.63) is 39.9 Å². The molecule has 1 aromatic rings. The fourth-order valence-corrected chi connectivity index (χ4v) is 2.86. The minimum Gasteiger partial charge on any atom is -0.295 e. The van der Waals surface area contributed by atoms with Crippen LogP contribution in [0.25, 0.3) is 0 Å². The van der Waals surface area contributed by atoms with Gasteiger partial charge in [0.1, 0.15) is 13.1 Å². The predicted molar refractivity (Wildman–Crippen MR) is 82.9 cm³/mol. The minimum absolute atomic E-state index is 0.0726. The maximum absolute atomic E-state index is 10.7. The van der Waals surface area contributed by atoms with Crippen LogP contribution in [-0.4, -0.2) is 58.6 Å². The standard InChI is InChI=1S/C13H15N5O2S/c1-16-6-8-18(9-7-16)13(21)14-12(15-18)10-2-4-11(5-3-10)17(19)20/h2-5H,6-9H2,1H3/p+1. The van der Waals surface area contributed by atoms with E-state index >= 15 is 0 Å². The van der Waals surface area contributed by atoms with E-state index in [9.17, 15) is 10.1 Å². The lowest BCUT2D eigenvalue weighted by atomic mass is 10.2. The van der Waals surface area contributed by atoms with Crippen molar-refractivity contribution in [2.24, 2.45) is 5.10 Å². The van der Waals surface area contributed by atoms with Gasteiger partial charge in [0.25, 0.3) is 5.69 Å². The molecule has 0 amide bonds. The third kappa shape index (κ3) is 2.53. The summed E-state index contributed by atoms with van der Waals surface area (Å²) < 4.78 is 0.437. The molecule has 2 heterocycles. The van der Waals surface area contributed by atoms with Crippen molar-refractivity contribution in [3.8, 4) is 0 Å². The highest BCUT2D eigenvalue weighted by atomic mass is 32.1. The van der Waals surface area contributed by atoms with Crippen molar-refractivity contribution in [1.82, 2.24) is 10.2 Å². The second-order valence-corrected chi connectivity index (χ2v) is 5.74. The van der Waals surface area contributed by atoms with Crippen molar-refractivity contribution in [2.45, 2.75) is 0 Å². The monoisotopic (exact) mass is 306 g/mol. The summed E-state index contributed by atoms with van der Waals surface area (Å²) in [6.07, 6.45) is 0. The van der Waals surface area contributed by atoms with Crippen LogP contribution in [0.3, 0.4) is 0 Å². The number of nitrogens with zero attached hydrogens (tertiary/aromatic N) is 4. The second-order valence-electron chi connectivity index (χ2n) is 5.36. The molecule has 0 bridgehead atoms. The van der Waals surface area contributed by atoms with Crippen LogP contribution in [0.2, 0.25) is 0 Å². The summed E-state index contributed by atoms with van der Waals surface area (Å²) in [5.74, 6) is 0.694. The Morgan fingerprint density at radius 3 is 2.52 bits per heavy atom. The molecule has 2 aliphatic heterocycles. The average molecular weight is 306 g/mol. The first-order chi connectivity index (χ1) is 10.00. The van der Waals surface area contributed by atoms with Crippen molar-refractivity contribution in [2.75, 3.05) is 33.2 Å². The Bertz CT molecular complexity index is 620. The lowest BCUT2D eigenvalue weighted by Gasteiger charge is -2.34. The summed E-state index contributed by atoms with van der Waals surface area (Å²) in [4.78, 5) is 12.5. The van der Waals surface area contributed by atoms with Crippen molar-refractivity contribution < 1.29 is 9.52 Å². The van der Waals surface area contributed by atoms with E-state index in [1.165, 1.54) is 12.1 Å². The summed E-state index contributed by atoms with van der Waals surface area (Å²) in [6.45, 7) is 3.58. The SMILES string of the molecule is CN1CC[N+]2(CC1)N=C(c1ccc([N+](=O)[O-])cc1)NC2=S. The highest BCUT2D eigenvalue weighted by Crippen LogP contribution is 2.22. The van der Waals surface area contributed by atoms with Gasteiger partial charge in [-0.1, -0.05) is 5.10 Å². The van der Waals surface area contributed by atoms with E-state index in [2.05, 4.69) is 17.3 Å². The maximum Gasteiger partial charge on any atom is 0.302 e. The summed E-state index contributed by atoms with van der Waals surface area (Å²) >= 11 is 5.45. The Kier molecular flexibility index (Phi) is 3.44. The van der Waals surface area contributed by atoms with E-state index in [-0.39, 0.29) is 5.69 Å². The number of benzene rings is 1. The first-order valence-electron chi connectivity index (χ1n) is 6.72. The van der Waals surface area contributed by atoms with Crippen LogP contribution in [0.5, 0.6) is 0 Å². The number of thiocarbonyl (C=S) groups is 1. The maximum atomic E-state index is 10.7. The number of nitrogens with one attached hydrogen (secondary N) is 1. The van der Waals surface area contributed by atoms with Gasteiger partial charge in [-0.15, -0.1) is 4.59 Å². The number of amidine groups is 1. The van der Waals surface area contributed by atoms with E-state index in [0.717, 1.165) is 31.7 Å². The van der Waals surface area contributed by atoms with Crippen LogP contribution >= 0.6 is 12.2 Å². The molecule has 110 valence electrons. The number of hydrogen-bond donors (Lipinski definition) is 1. The molecule has 0 aliphatic carbocycles. The lowest BCUT2D eigenvalue weighted by molar-refractivity contribution is -0.849. The number of nitro benzene ring substituents is 1. The number of non-ortho nitro benzene ring substituents is 1. The molecule has 1 fully saturated rings. The van der Waals surface area contributed by atoms with Crippen molar-refractivity contribution in [3.63, 3.8) is 0 Å². The zero-order chi connectivity index (χ0) is 15.0. The Morgan fingerprint density at radius 2 is 1.95 bits per heavy atom. The van der Waals surface area contributed by atoms with Gasteiger partial charge < -0.3 is 0 Å². The van der Waals surface area contributed by atoms with Crippen LogP contribution in [0.15, 0.2) is 29.4 Å². The van der Waals surface area contributed by atoms with Gasteiger partial charge in [0.05, 0.1) is 18.0 Å². The number of likely N-dealkylation sites (N-methyl/N-ethyl adjacent to an activating group) is 1. The van der Waals surface area contributed by atoms with Crippen LogP contribution < -0.4 is 5.32 Å². The third-order valence-electron chi connectivity index (χ3n) is 3.95. The highest BCUT2D eigenvalue weighted by Gasteiger charge is 2.43. The lowest BCUT2D eigenvalue weighted by Crippen LogP contribution is -2.58. The Labute approximate surface area is 127 Å². The molecule has 1 saturated heterocycles. The summed E-state index contributed by atoms with van der Waals surface area (Å²) in [6, 6.07) is 6.36. The first-order valence-corrected chi connectivity index (χ1v) is 7.13. The molecule has 2 aliphatic rings. The molecular formula is C13H16N5O2S+. The number of quaternary nitrogens is 1. The normalized spacial score (nSPS) is 21.2. The second kappa shape index (κ2) is 5.14. The molecule has 0 aromatic heterocycles. The molecule has 1 N–H and O–H groups in total. The topological polar surface area (TPSA) is 70.8 Å². The van der Waals surface area contributed by atoms with Gasteiger partial charge in [0.15, 0.2) is 5.84 Å². The van der Waals surface area contributed by atoms with Gasteiger partial charge in [-0.25, -0.2) is 0 Å². The predicted octanol–water partition coefficient (Wildman–Crippen LogP) is 0.907. The van der Waals surface area contributed by atoms with E-state index < -0.39 is 4.92 Å². The number of nitro groups is 1. The van der Waals surface area contributed by atoms with Crippen LogP contribution in [-0.2, 0) is 0 Å². The summed E-state index contributed by atoms with van der Waals surface area (Å²) in [5, 5.41) is 19.3. The first kappa shape index (κ1) is 14.1. The fourth-order valence-electron chi connectivity index (χ4n) is 2.54. The third-order valence-corrected chi connectivity index (χ3v) is 4.39. The van der Waals surface area contributed by atoms with Crippen molar-refractivity contribution >= 4 is 28.9 Å². The van der Waals surface area contributed by atoms with Gasteiger partial charge in [-0.3, -0.25) is 20.3 Å². The molecule has 0 saturated carbocycles. The molecular weight excluding hydrogens is 290 g/mol. The zero-order valence-corrected chi connectivity index (χ0v) is 12.5. The van der Waals surface area contributed by atoms with Crippen molar-refractivity contribution in [1.29, 1.82) is 0 Å². The van der Waals surface area contributed by atoms with Crippen LogP contribution in [0.1, 0.15) is 5.56 Å². The van der Waals surface area contributed by atoms with E-state index in [0.29, 0.717) is 15.5 Å². The quantitative estimate of drug-likeness (QED) is 0.380. The highest BCUT2D eigenvalue weighted by molar-refractivity contribution is 7.80. The average Bonchev–Trinajstić information content (AvgIpc) is 2.80. The molecule has 1 aromatic carbocycles. The van der Waals surface area contributed by atoms with E-state index in [4.69, 9.17) is 17.3 Å². The fraction of sp³-hybridized carbons (Fsp3) is 0.385. The Hall–Kier alpha value is -1.90. The number of rotatable bonds is 2. The van der Waals surface area contributed by atoms with Crippen LogP contribution in [0.4, 0.5) is 5.69 Å². The summed E-state index contributed by atoms with van der Waals surface area (Å²) in [5.41, 5.74) is 0.889. The van der Waals surface area contributed by atoms with E-state index in [1.807, 2.05) is 0 Å². The molecule has 1 spiro atoms. The largest absolute Gasteiger partial charge is 0.302 e. The zero-order valence-electron chi connectivity index (χ0n) is 11.7. The Balaban J connectivity index is 1.86. The molecule has 8 heteroatoms. The number of piperazine rings is 1. The smallest absolute Gasteiger partial charge is 0.295 e. The summed E-state index contributed by atoms with van der Waals surface area (Å²) in [7, 11) is 2.09. The van der Waals surface area contributed by atoms with Gasteiger partial charge in [-0.2, -0.15) is 0 Å². The van der Waals surface area contributed by atoms with Gasteiger partial charge in [0.2, 0.25) is 0 Å². The molecule has 0 atom stereocenters. The molecule has 3 rings (SSSR count). The minimum atomic E-state index is -0.410.